The maximum atomic E-state index is 11.1. The number of esters is 1. The minimum absolute atomic E-state index is 0.141. The fraction of sp³-hybridized carbons (Fsp3) is 0.895. The molecule has 0 aliphatic rings. The molecule has 2 unspecified atom stereocenters. The van der Waals surface area contributed by atoms with Crippen molar-refractivity contribution in [3.8, 4) is 0 Å². The minimum atomic E-state index is -1.28. The Balaban J connectivity index is 3.78. The lowest BCUT2D eigenvalue weighted by molar-refractivity contribution is -0.318. The van der Waals surface area contributed by atoms with Crippen molar-refractivity contribution < 1.29 is 19.4 Å². The highest BCUT2D eigenvalue weighted by Gasteiger charge is 2.23. The molecule has 0 aliphatic carbocycles. The van der Waals surface area contributed by atoms with Gasteiger partial charge in [-0.15, -0.1) is 0 Å². The Bertz CT molecular complexity index is 314. The van der Waals surface area contributed by atoms with Crippen LogP contribution in [0.25, 0.3) is 0 Å². The number of carbonyl (C=O) groups is 2. The molecule has 0 radical (unpaired) electrons. The van der Waals surface area contributed by atoms with Crippen LogP contribution >= 0.6 is 0 Å². The first kappa shape index (κ1) is 21.9. The van der Waals surface area contributed by atoms with Gasteiger partial charge in [0.15, 0.2) is 0 Å². The molecule has 4 nitrogen and oxygen atoms in total. The fourth-order valence-corrected chi connectivity index (χ4v) is 2.98. The summed E-state index contributed by atoms with van der Waals surface area (Å²) < 4.78 is 4.91. The van der Waals surface area contributed by atoms with Gasteiger partial charge in [-0.3, -0.25) is 4.79 Å². The lowest BCUT2D eigenvalue weighted by Gasteiger charge is -2.26. The van der Waals surface area contributed by atoms with Crippen LogP contribution in [0.1, 0.15) is 97.8 Å². The highest BCUT2D eigenvalue weighted by Crippen LogP contribution is 2.21. The zero-order valence-electron chi connectivity index (χ0n) is 15.3. The highest BCUT2D eigenvalue weighted by molar-refractivity contribution is 5.75. The van der Waals surface area contributed by atoms with E-state index in [-0.39, 0.29) is 5.92 Å². The molecule has 0 aromatic rings. The molecule has 0 bridgehead atoms. The molecule has 136 valence electrons. The van der Waals surface area contributed by atoms with E-state index >= 15 is 0 Å². The number of rotatable bonds is 15. The third-order valence-electron chi connectivity index (χ3n) is 4.41. The molecule has 0 fully saturated rings. The van der Waals surface area contributed by atoms with Crippen LogP contribution in [0.3, 0.4) is 0 Å². The molecule has 0 saturated heterocycles. The SMILES string of the molecule is CCCCCCCCCCCCC(CC)C(OC(C)=O)C(=O)[O-]. The second-order valence-corrected chi connectivity index (χ2v) is 6.49. The predicted octanol–water partition coefficient (Wildman–Crippen LogP) is 4.01. The normalized spacial score (nSPS) is 13.5. The first-order chi connectivity index (χ1) is 11.0. The number of carboxylic acid groups (broad SMARTS) is 1. The van der Waals surface area contributed by atoms with E-state index < -0.39 is 18.0 Å². The molecular formula is C19H35O4-. The lowest BCUT2D eigenvalue weighted by atomic mass is 9.92. The van der Waals surface area contributed by atoms with Crippen LogP contribution in [-0.2, 0) is 14.3 Å². The first-order valence-corrected chi connectivity index (χ1v) is 9.40. The summed E-state index contributed by atoms with van der Waals surface area (Å²) in [5.74, 6) is -1.97. The number of carboxylic acids is 1. The maximum absolute atomic E-state index is 11.1. The molecule has 0 heterocycles. The summed E-state index contributed by atoms with van der Waals surface area (Å²) in [4.78, 5) is 22.1. The van der Waals surface area contributed by atoms with E-state index in [1.807, 2.05) is 6.92 Å². The summed E-state index contributed by atoms with van der Waals surface area (Å²) in [5.41, 5.74) is 0. The molecule has 4 heteroatoms. The zero-order valence-corrected chi connectivity index (χ0v) is 15.3. The van der Waals surface area contributed by atoms with Gasteiger partial charge in [-0.05, 0) is 12.8 Å². The van der Waals surface area contributed by atoms with Crippen LogP contribution in [0.5, 0.6) is 0 Å². The molecule has 0 aliphatic heterocycles. The predicted molar refractivity (Wildman–Crippen MR) is 90.8 cm³/mol. The Morgan fingerprint density at radius 3 is 1.74 bits per heavy atom. The third kappa shape index (κ3) is 12.1. The minimum Gasteiger partial charge on any atom is -0.546 e. The number of unbranched alkanes of at least 4 members (excludes halogenated alkanes) is 9. The monoisotopic (exact) mass is 327 g/mol. The van der Waals surface area contributed by atoms with Gasteiger partial charge in [0.1, 0.15) is 6.10 Å². The van der Waals surface area contributed by atoms with E-state index in [0.29, 0.717) is 6.42 Å². The molecule has 0 rings (SSSR count). The Hall–Kier alpha value is -1.06. The van der Waals surface area contributed by atoms with Crippen molar-refractivity contribution in [2.24, 2.45) is 5.92 Å². The number of hydrogen-bond donors (Lipinski definition) is 0. The molecule has 0 spiro atoms. The van der Waals surface area contributed by atoms with Crippen LogP contribution in [0.2, 0.25) is 0 Å². The average molecular weight is 327 g/mol. The molecule has 0 N–H and O–H groups in total. The summed E-state index contributed by atoms with van der Waals surface area (Å²) in [7, 11) is 0. The van der Waals surface area contributed by atoms with Crippen molar-refractivity contribution in [1.29, 1.82) is 0 Å². The van der Waals surface area contributed by atoms with Gasteiger partial charge in [-0.25, -0.2) is 0 Å². The van der Waals surface area contributed by atoms with Gasteiger partial charge in [-0.2, -0.15) is 0 Å². The van der Waals surface area contributed by atoms with Crippen molar-refractivity contribution in [3.05, 3.63) is 0 Å². The average Bonchev–Trinajstić information content (AvgIpc) is 2.50. The number of hydrogen-bond acceptors (Lipinski definition) is 4. The lowest BCUT2D eigenvalue weighted by Crippen LogP contribution is -2.43. The van der Waals surface area contributed by atoms with Gasteiger partial charge in [-0.1, -0.05) is 78.1 Å². The zero-order chi connectivity index (χ0) is 17.5. The van der Waals surface area contributed by atoms with Gasteiger partial charge in [0.2, 0.25) is 0 Å². The molecule has 23 heavy (non-hydrogen) atoms. The Morgan fingerprint density at radius 1 is 0.870 bits per heavy atom. The summed E-state index contributed by atoms with van der Waals surface area (Å²) in [6.45, 7) is 5.40. The molecule has 0 saturated carbocycles. The van der Waals surface area contributed by atoms with E-state index in [4.69, 9.17) is 4.74 Å². The molecule has 0 aromatic carbocycles. The van der Waals surface area contributed by atoms with Crippen LogP contribution < -0.4 is 5.11 Å². The number of aliphatic carboxylic acids is 1. The maximum Gasteiger partial charge on any atom is 0.303 e. The fourth-order valence-electron chi connectivity index (χ4n) is 2.98. The van der Waals surface area contributed by atoms with Crippen molar-refractivity contribution >= 4 is 11.9 Å². The topological polar surface area (TPSA) is 66.4 Å². The molecule has 2 atom stereocenters. The summed E-state index contributed by atoms with van der Waals surface area (Å²) in [5, 5.41) is 11.1. The third-order valence-corrected chi connectivity index (χ3v) is 4.41. The van der Waals surface area contributed by atoms with Gasteiger partial charge >= 0.3 is 5.97 Å². The quantitative estimate of drug-likeness (QED) is 0.337. The standard InChI is InChI=1S/C19H36O4/c1-4-6-7-8-9-10-11-12-13-14-15-17(5-2)18(19(21)22)23-16(3)20/h17-18H,4-15H2,1-3H3,(H,21,22)/p-1. The van der Waals surface area contributed by atoms with E-state index in [9.17, 15) is 14.7 Å². The van der Waals surface area contributed by atoms with Gasteiger partial charge < -0.3 is 14.6 Å². The van der Waals surface area contributed by atoms with E-state index in [0.717, 1.165) is 19.3 Å². The van der Waals surface area contributed by atoms with Crippen LogP contribution in [0.15, 0.2) is 0 Å². The van der Waals surface area contributed by atoms with Gasteiger partial charge in [0, 0.05) is 12.8 Å². The molecular weight excluding hydrogens is 292 g/mol. The number of ether oxygens (including phenoxy) is 1. The van der Waals surface area contributed by atoms with Gasteiger partial charge in [0.25, 0.3) is 0 Å². The summed E-state index contributed by atoms with van der Waals surface area (Å²) in [6.07, 6.45) is 12.9. The number of carbonyl (C=O) groups excluding carboxylic acids is 2. The molecule has 0 amide bonds. The van der Waals surface area contributed by atoms with Crippen molar-refractivity contribution in [3.63, 3.8) is 0 Å². The van der Waals surface area contributed by atoms with E-state index in [2.05, 4.69) is 6.92 Å². The van der Waals surface area contributed by atoms with Crippen molar-refractivity contribution in [2.45, 2.75) is 104 Å². The summed E-state index contributed by atoms with van der Waals surface area (Å²) >= 11 is 0. The van der Waals surface area contributed by atoms with Crippen molar-refractivity contribution in [1.82, 2.24) is 0 Å². The smallest absolute Gasteiger partial charge is 0.303 e. The van der Waals surface area contributed by atoms with Crippen LogP contribution in [0, 0.1) is 5.92 Å². The Labute approximate surface area is 142 Å². The summed E-state index contributed by atoms with van der Waals surface area (Å²) in [6, 6.07) is 0. The molecule has 0 aromatic heterocycles. The van der Waals surface area contributed by atoms with Crippen LogP contribution in [0.4, 0.5) is 0 Å². The van der Waals surface area contributed by atoms with Crippen LogP contribution in [-0.4, -0.2) is 18.0 Å². The Morgan fingerprint density at radius 2 is 1.35 bits per heavy atom. The highest BCUT2D eigenvalue weighted by atomic mass is 16.6. The van der Waals surface area contributed by atoms with E-state index in [1.165, 1.54) is 58.3 Å². The largest absolute Gasteiger partial charge is 0.546 e. The van der Waals surface area contributed by atoms with Crippen molar-refractivity contribution in [2.75, 3.05) is 0 Å². The van der Waals surface area contributed by atoms with E-state index in [1.54, 1.807) is 0 Å². The Kier molecular flexibility index (Phi) is 13.9. The van der Waals surface area contributed by atoms with Gasteiger partial charge in [0.05, 0.1) is 5.97 Å². The first-order valence-electron chi connectivity index (χ1n) is 9.40. The second kappa shape index (κ2) is 14.5. The second-order valence-electron chi connectivity index (χ2n) is 6.49.